The molecule has 0 saturated carbocycles. The Morgan fingerprint density at radius 1 is 1.33 bits per heavy atom. The highest BCUT2D eigenvalue weighted by molar-refractivity contribution is 7.91. The zero-order chi connectivity index (χ0) is 15.5. The summed E-state index contributed by atoms with van der Waals surface area (Å²) >= 11 is 0. The number of hydrogen-bond donors (Lipinski definition) is 2. The van der Waals surface area contributed by atoms with Crippen LogP contribution in [0.1, 0.15) is 19.8 Å². The fraction of sp³-hybridized carbons (Fsp3) is 0.923. The van der Waals surface area contributed by atoms with Gasteiger partial charge >= 0.3 is 6.03 Å². The van der Waals surface area contributed by atoms with Gasteiger partial charge in [-0.2, -0.15) is 0 Å². The second kappa shape index (κ2) is 6.93. The lowest BCUT2D eigenvalue weighted by atomic mass is 10.2. The minimum atomic E-state index is -2.97. The molecule has 2 N–H and O–H groups in total. The van der Waals surface area contributed by atoms with E-state index in [0.717, 1.165) is 19.5 Å². The van der Waals surface area contributed by atoms with Crippen molar-refractivity contribution in [3.05, 3.63) is 0 Å². The van der Waals surface area contributed by atoms with Gasteiger partial charge in [0.15, 0.2) is 9.84 Å². The van der Waals surface area contributed by atoms with Gasteiger partial charge < -0.3 is 15.3 Å². The number of hydrogen-bond acceptors (Lipinski definition) is 5. The maximum absolute atomic E-state index is 12.1. The first-order valence-corrected chi connectivity index (χ1v) is 9.38. The first-order valence-electron chi connectivity index (χ1n) is 7.56. The lowest BCUT2D eigenvalue weighted by molar-refractivity contribution is 0.0788. The van der Waals surface area contributed by atoms with Crippen molar-refractivity contribution in [1.82, 2.24) is 15.1 Å². The second-order valence-electron chi connectivity index (χ2n) is 5.90. The van der Waals surface area contributed by atoms with Crippen LogP contribution in [0.15, 0.2) is 0 Å². The van der Waals surface area contributed by atoms with Crippen molar-refractivity contribution in [3.63, 3.8) is 0 Å². The molecular weight excluding hydrogens is 294 g/mol. The maximum Gasteiger partial charge on any atom is 0.317 e. The van der Waals surface area contributed by atoms with Crippen molar-refractivity contribution < 1.29 is 18.3 Å². The normalized spacial score (nSPS) is 27.5. The Labute approximate surface area is 126 Å². The number of carbonyl (C=O) groups excluding carboxylic acids is 1. The SMILES string of the molecule is CC[C@@H](O)CN1CCN(C(=O)N[C@H]2CCS(=O)(=O)C2)CC1. The molecule has 0 aliphatic carbocycles. The Morgan fingerprint density at radius 2 is 2.00 bits per heavy atom. The number of sulfone groups is 1. The summed E-state index contributed by atoms with van der Waals surface area (Å²) in [6.07, 6.45) is 0.933. The molecule has 2 aliphatic rings. The van der Waals surface area contributed by atoms with E-state index >= 15 is 0 Å². The first kappa shape index (κ1) is 16.5. The summed E-state index contributed by atoms with van der Waals surface area (Å²) in [5.41, 5.74) is 0. The van der Waals surface area contributed by atoms with Crippen LogP contribution in [0.25, 0.3) is 0 Å². The molecule has 0 aromatic heterocycles. The number of amides is 2. The van der Waals surface area contributed by atoms with Gasteiger partial charge in [0.1, 0.15) is 0 Å². The second-order valence-corrected chi connectivity index (χ2v) is 8.13. The lowest BCUT2D eigenvalue weighted by Crippen LogP contribution is -2.54. The predicted octanol–water partition coefficient (Wildman–Crippen LogP) is -0.728. The maximum atomic E-state index is 12.1. The van der Waals surface area contributed by atoms with Gasteiger partial charge in [-0.15, -0.1) is 0 Å². The van der Waals surface area contributed by atoms with Crippen molar-refractivity contribution in [2.24, 2.45) is 0 Å². The van der Waals surface area contributed by atoms with Gasteiger partial charge in [-0.3, -0.25) is 4.90 Å². The Morgan fingerprint density at radius 3 is 2.52 bits per heavy atom. The molecule has 122 valence electrons. The molecule has 0 aromatic carbocycles. The van der Waals surface area contributed by atoms with Crippen LogP contribution in [0, 0.1) is 0 Å². The molecule has 0 unspecified atom stereocenters. The average molecular weight is 319 g/mol. The molecule has 2 heterocycles. The van der Waals surface area contributed by atoms with Crippen LogP contribution >= 0.6 is 0 Å². The minimum absolute atomic E-state index is 0.0569. The molecule has 0 radical (unpaired) electrons. The molecule has 2 saturated heterocycles. The van der Waals surface area contributed by atoms with Crippen molar-refractivity contribution in [2.75, 3.05) is 44.2 Å². The molecule has 2 fully saturated rings. The smallest absolute Gasteiger partial charge is 0.317 e. The number of carbonyl (C=O) groups is 1. The van der Waals surface area contributed by atoms with E-state index in [4.69, 9.17) is 0 Å². The molecule has 7 nitrogen and oxygen atoms in total. The fourth-order valence-electron chi connectivity index (χ4n) is 2.74. The van der Waals surface area contributed by atoms with E-state index in [2.05, 4.69) is 10.2 Å². The van der Waals surface area contributed by atoms with Crippen molar-refractivity contribution in [1.29, 1.82) is 0 Å². The van der Waals surface area contributed by atoms with Crippen molar-refractivity contribution in [3.8, 4) is 0 Å². The third-order valence-electron chi connectivity index (χ3n) is 4.16. The van der Waals surface area contributed by atoms with Crippen molar-refractivity contribution in [2.45, 2.75) is 31.9 Å². The van der Waals surface area contributed by atoms with E-state index < -0.39 is 9.84 Å². The van der Waals surface area contributed by atoms with Crippen LogP contribution in [0.2, 0.25) is 0 Å². The summed E-state index contributed by atoms with van der Waals surface area (Å²) in [4.78, 5) is 16.0. The minimum Gasteiger partial charge on any atom is -0.392 e. The van der Waals surface area contributed by atoms with E-state index in [9.17, 15) is 18.3 Å². The molecule has 0 bridgehead atoms. The number of aliphatic hydroxyl groups excluding tert-OH is 1. The fourth-order valence-corrected chi connectivity index (χ4v) is 4.41. The number of piperazine rings is 1. The van der Waals surface area contributed by atoms with Gasteiger partial charge in [-0.25, -0.2) is 13.2 Å². The Bertz CT molecular complexity index is 460. The van der Waals surface area contributed by atoms with E-state index in [1.54, 1.807) is 4.90 Å². The quantitative estimate of drug-likeness (QED) is 0.713. The Kier molecular flexibility index (Phi) is 5.45. The summed E-state index contributed by atoms with van der Waals surface area (Å²) in [6.45, 7) is 5.31. The first-order chi connectivity index (χ1) is 9.89. The van der Waals surface area contributed by atoms with E-state index in [0.29, 0.717) is 26.1 Å². The summed E-state index contributed by atoms with van der Waals surface area (Å²) in [5.74, 6) is 0.224. The summed E-state index contributed by atoms with van der Waals surface area (Å²) < 4.78 is 22.8. The zero-order valence-electron chi connectivity index (χ0n) is 12.5. The molecule has 2 aliphatic heterocycles. The predicted molar refractivity (Wildman–Crippen MR) is 79.9 cm³/mol. The van der Waals surface area contributed by atoms with Gasteiger partial charge in [0.2, 0.25) is 0 Å². The van der Waals surface area contributed by atoms with E-state index in [1.807, 2.05) is 6.92 Å². The van der Waals surface area contributed by atoms with Gasteiger partial charge in [-0.1, -0.05) is 6.92 Å². The highest BCUT2D eigenvalue weighted by Gasteiger charge is 2.31. The van der Waals surface area contributed by atoms with Gasteiger partial charge in [0.25, 0.3) is 0 Å². The molecule has 0 spiro atoms. The standard InChI is InChI=1S/C13H25N3O4S/c1-2-12(17)9-15-4-6-16(7-5-15)13(18)14-11-3-8-21(19,20)10-11/h11-12,17H,2-10H2,1H3,(H,14,18)/t11-,12+/m0/s1. The van der Waals surface area contributed by atoms with E-state index in [-0.39, 0.29) is 29.7 Å². The molecule has 2 atom stereocenters. The summed E-state index contributed by atoms with van der Waals surface area (Å²) in [6, 6.07) is -0.421. The van der Waals surface area contributed by atoms with Crippen LogP contribution in [0.3, 0.4) is 0 Å². The molecule has 8 heteroatoms. The lowest BCUT2D eigenvalue weighted by Gasteiger charge is -2.35. The molecule has 2 amide bonds. The number of rotatable bonds is 4. The topological polar surface area (TPSA) is 89.9 Å². The number of β-amino-alcohol motifs (C(OH)–C–C–N with tert-alkyl or cyclic N) is 1. The van der Waals surface area contributed by atoms with Gasteiger partial charge in [0, 0.05) is 38.8 Å². The summed E-state index contributed by atoms with van der Waals surface area (Å²) in [7, 11) is -2.97. The van der Waals surface area contributed by atoms with Gasteiger partial charge in [-0.05, 0) is 12.8 Å². The molecule has 2 rings (SSSR count). The summed E-state index contributed by atoms with van der Waals surface area (Å²) in [5, 5.41) is 12.4. The molecular formula is C13H25N3O4S. The zero-order valence-corrected chi connectivity index (χ0v) is 13.3. The highest BCUT2D eigenvalue weighted by Crippen LogP contribution is 2.12. The van der Waals surface area contributed by atoms with Crippen LogP contribution in [0.5, 0.6) is 0 Å². The highest BCUT2D eigenvalue weighted by atomic mass is 32.2. The van der Waals surface area contributed by atoms with Crippen LogP contribution < -0.4 is 5.32 Å². The largest absolute Gasteiger partial charge is 0.392 e. The number of aliphatic hydroxyl groups is 1. The van der Waals surface area contributed by atoms with Crippen LogP contribution in [-0.2, 0) is 9.84 Å². The van der Waals surface area contributed by atoms with Gasteiger partial charge in [0.05, 0.1) is 17.6 Å². The average Bonchev–Trinajstić information content (AvgIpc) is 2.78. The number of urea groups is 1. The van der Waals surface area contributed by atoms with Crippen molar-refractivity contribution >= 4 is 15.9 Å². The molecule has 0 aromatic rings. The number of nitrogens with one attached hydrogen (secondary N) is 1. The van der Waals surface area contributed by atoms with Crippen LogP contribution in [0.4, 0.5) is 4.79 Å². The van der Waals surface area contributed by atoms with Crippen LogP contribution in [-0.4, -0.2) is 85.7 Å². The number of nitrogens with zero attached hydrogens (tertiary/aromatic N) is 2. The third kappa shape index (κ3) is 4.82. The Hall–Kier alpha value is -0.860. The molecule has 21 heavy (non-hydrogen) atoms. The Balaban J connectivity index is 1.73. The third-order valence-corrected chi connectivity index (χ3v) is 5.93. The van der Waals surface area contributed by atoms with E-state index in [1.165, 1.54) is 0 Å². The monoisotopic (exact) mass is 319 g/mol.